The van der Waals surface area contributed by atoms with E-state index in [2.05, 4.69) is 24.1 Å². The average molecular weight is 287 g/mol. The van der Waals surface area contributed by atoms with Gasteiger partial charge >= 0.3 is 0 Å². The van der Waals surface area contributed by atoms with Gasteiger partial charge in [0.05, 0.1) is 10.2 Å². The Bertz CT molecular complexity index is 498. The largest absolute Gasteiger partial charge is 0.358 e. The minimum Gasteiger partial charge on any atom is -0.358 e. The number of hydrogen-bond acceptors (Lipinski definition) is 4. The summed E-state index contributed by atoms with van der Waals surface area (Å²) >= 11 is 9.55. The van der Waals surface area contributed by atoms with Crippen molar-refractivity contribution in [3.8, 4) is 0 Å². The number of rotatable bonds is 5. The number of fused-ring (bicyclic) bond motifs is 1. The lowest BCUT2D eigenvalue weighted by Gasteiger charge is -2.11. The molecule has 1 atom stereocenters. The second-order valence-corrected chi connectivity index (χ2v) is 6.62. The van der Waals surface area contributed by atoms with Crippen molar-refractivity contribution in [2.75, 3.05) is 16.8 Å². The van der Waals surface area contributed by atoms with Crippen LogP contribution in [0.15, 0.2) is 18.2 Å². The minimum absolute atomic E-state index is 0.441. The molecule has 0 radical (unpaired) electrons. The molecule has 0 bridgehead atoms. The standard InChI is InChI=1S/C12H15ClN2S2/c1-3-16-7-8(2)14-12-15-10-5-4-9(13)6-11(10)17-12/h4-6,8H,3,7H2,1-2H3,(H,14,15). The maximum absolute atomic E-state index is 5.96. The fourth-order valence-corrected chi connectivity index (χ4v) is 3.43. The van der Waals surface area contributed by atoms with Crippen LogP contribution in [-0.2, 0) is 0 Å². The number of nitrogens with zero attached hydrogens (tertiary/aromatic N) is 1. The van der Waals surface area contributed by atoms with Gasteiger partial charge in [-0.25, -0.2) is 4.98 Å². The zero-order chi connectivity index (χ0) is 12.3. The van der Waals surface area contributed by atoms with E-state index >= 15 is 0 Å². The van der Waals surface area contributed by atoms with Crippen molar-refractivity contribution in [2.24, 2.45) is 0 Å². The van der Waals surface area contributed by atoms with Crippen molar-refractivity contribution < 1.29 is 0 Å². The van der Waals surface area contributed by atoms with Gasteiger partial charge < -0.3 is 5.32 Å². The van der Waals surface area contributed by atoms with Crippen molar-refractivity contribution in [1.29, 1.82) is 0 Å². The van der Waals surface area contributed by atoms with Crippen LogP contribution < -0.4 is 5.32 Å². The van der Waals surface area contributed by atoms with Gasteiger partial charge in [0.1, 0.15) is 0 Å². The number of nitrogens with one attached hydrogen (secondary N) is 1. The number of aromatic nitrogens is 1. The number of thioether (sulfide) groups is 1. The van der Waals surface area contributed by atoms with Crippen LogP contribution in [0.3, 0.4) is 0 Å². The lowest BCUT2D eigenvalue weighted by atomic mass is 10.3. The van der Waals surface area contributed by atoms with Crippen LogP contribution in [0.1, 0.15) is 13.8 Å². The molecule has 2 rings (SSSR count). The first-order valence-electron chi connectivity index (χ1n) is 5.59. The summed E-state index contributed by atoms with van der Waals surface area (Å²) in [5.41, 5.74) is 1.01. The van der Waals surface area contributed by atoms with Crippen molar-refractivity contribution in [1.82, 2.24) is 4.98 Å². The van der Waals surface area contributed by atoms with Gasteiger partial charge in [-0.15, -0.1) is 0 Å². The molecule has 2 nitrogen and oxygen atoms in total. The molecule has 1 unspecified atom stereocenters. The van der Waals surface area contributed by atoms with Gasteiger partial charge in [-0.1, -0.05) is 29.9 Å². The van der Waals surface area contributed by atoms with Crippen LogP contribution >= 0.6 is 34.7 Å². The molecule has 1 aromatic carbocycles. The average Bonchev–Trinajstić information content (AvgIpc) is 2.67. The van der Waals surface area contributed by atoms with E-state index in [0.29, 0.717) is 6.04 Å². The lowest BCUT2D eigenvalue weighted by molar-refractivity contribution is 0.911. The van der Waals surface area contributed by atoms with Gasteiger partial charge in [-0.05, 0) is 30.9 Å². The maximum Gasteiger partial charge on any atom is 0.184 e. The number of halogens is 1. The fourth-order valence-electron chi connectivity index (χ4n) is 1.51. The predicted molar refractivity (Wildman–Crippen MR) is 80.7 cm³/mol. The van der Waals surface area contributed by atoms with Gasteiger partial charge in [0, 0.05) is 16.8 Å². The predicted octanol–water partition coefficient (Wildman–Crippen LogP) is 4.50. The van der Waals surface area contributed by atoms with Gasteiger partial charge in [-0.3, -0.25) is 0 Å². The molecule has 2 aromatic rings. The Morgan fingerprint density at radius 2 is 2.35 bits per heavy atom. The first-order chi connectivity index (χ1) is 8.19. The monoisotopic (exact) mass is 286 g/mol. The highest BCUT2D eigenvalue weighted by Crippen LogP contribution is 2.28. The minimum atomic E-state index is 0.441. The molecule has 0 spiro atoms. The van der Waals surface area contributed by atoms with Crippen molar-refractivity contribution in [3.63, 3.8) is 0 Å². The fraction of sp³-hybridized carbons (Fsp3) is 0.417. The molecule has 0 aliphatic rings. The zero-order valence-electron chi connectivity index (χ0n) is 9.87. The second kappa shape index (κ2) is 5.94. The molecule has 0 saturated carbocycles. The Morgan fingerprint density at radius 3 is 3.12 bits per heavy atom. The zero-order valence-corrected chi connectivity index (χ0v) is 12.3. The number of thiazole rings is 1. The molecule has 17 heavy (non-hydrogen) atoms. The second-order valence-electron chi connectivity index (χ2n) is 3.84. The summed E-state index contributed by atoms with van der Waals surface area (Å²) in [6.45, 7) is 4.36. The van der Waals surface area contributed by atoms with Crippen LogP contribution in [0.4, 0.5) is 5.13 Å². The summed E-state index contributed by atoms with van der Waals surface area (Å²) in [6.07, 6.45) is 0. The summed E-state index contributed by atoms with van der Waals surface area (Å²) in [4.78, 5) is 4.54. The molecule has 5 heteroatoms. The number of anilines is 1. The molecule has 92 valence electrons. The topological polar surface area (TPSA) is 24.9 Å². The van der Waals surface area contributed by atoms with E-state index in [1.165, 1.54) is 0 Å². The third-order valence-electron chi connectivity index (χ3n) is 2.29. The first kappa shape index (κ1) is 13.0. The van der Waals surface area contributed by atoms with Crippen LogP contribution in [0, 0.1) is 0 Å². The Balaban J connectivity index is 2.08. The van der Waals surface area contributed by atoms with Gasteiger partial charge in [0.15, 0.2) is 5.13 Å². The Hall–Kier alpha value is -0.450. The highest BCUT2D eigenvalue weighted by Gasteiger charge is 2.07. The molecule has 1 heterocycles. The highest BCUT2D eigenvalue weighted by atomic mass is 35.5. The van der Waals surface area contributed by atoms with Crippen LogP contribution in [-0.4, -0.2) is 22.5 Å². The van der Waals surface area contributed by atoms with E-state index in [0.717, 1.165) is 31.9 Å². The SMILES string of the molecule is CCSCC(C)Nc1nc2ccc(Cl)cc2s1. The first-order valence-corrected chi connectivity index (χ1v) is 7.94. The van der Waals surface area contributed by atoms with E-state index in [1.807, 2.05) is 30.0 Å². The van der Waals surface area contributed by atoms with Gasteiger partial charge in [-0.2, -0.15) is 11.8 Å². The van der Waals surface area contributed by atoms with Gasteiger partial charge in [0.2, 0.25) is 0 Å². The molecular weight excluding hydrogens is 272 g/mol. The summed E-state index contributed by atoms with van der Waals surface area (Å²) in [5, 5.41) is 5.17. The third-order valence-corrected chi connectivity index (χ3v) is 4.62. The smallest absolute Gasteiger partial charge is 0.184 e. The molecular formula is C12H15ClN2S2. The van der Waals surface area contributed by atoms with Gasteiger partial charge in [0.25, 0.3) is 0 Å². The van der Waals surface area contributed by atoms with E-state index in [-0.39, 0.29) is 0 Å². The molecule has 0 amide bonds. The Morgan fingerprint density at radius 1 is 1.53 bits per heavy atom. The quantitative estimate of drug-likeness (QED) is 0.876. The van der Waals surface area contributed by atoms with E-state index in [1.54, 1.807) is 11.3 Å². The van der Waals surface area contributed by atoms with E-state index in [4.69, 9.17) is 11.6 Å². The lowest BCUT2D eigenvalue weighted by Crippen LogP contribution is -2.17. The Kier molecular flexibility index (Phi) is 4.54. The molecule has 0 aliphatic carbocycles. The van der Waals surface area contributed by atoms with E-state index in [9.17, 15) is 0 Å². The van der Waals surface area contributed by atoms with E-state index < -0.39 is 0 Å². The molecule has 1 aromatic heterocycles. The van der Waals surface area contributed by atoms with Crippen LogP contribution in [0.5, 0.6) is 0 Å². The molecule has 0 aliphatic heterocycles. The van der Waals surface area contributed by atoms with Crippen molar-refractivity contribution >= 4 is 50.0 Å². The van der Waals surface area contributed by atoms with Crippen molar-refractivity contribution in [2.45, 2.75) is 19.9 Å². The normalized spacial score (nSPS) is 12.9. The summed E-state index contributed by atoms with van der Waals surface area (Å²) in [6, 6.07) is 6.25. The summed E-state index contributed by atoms with van der Waals surface area (Å²) in [7, 11) is 0. The van der Waals surface area contributed by atoms with Crippen LogP contribution in [0.2, 0.25) is 5.02 Å². The highest BCUT2D eigenvalue weighted by molar-refractivity contribution is 7.99. The van der Waals surface area contributed by atoms with Crippen molar-refractivity contribution in [3.05, 3.63) is 23.2 Å². The summed E-state index contributed by atoms with van der Waals surface area (Å²) in [5.74, 6) is 2.26. The summed E-state index contributed by atoms with van der Waals surface area (Å²) < 4.78 is 1.13. The number of hydrogen-bond donors (Lipinski definition) is 1. The molecule has 0 fully saturated rings. The maximum atomic E-state index is 5.96. The van der Waals surface area contributed by atoms with Crippen LogP contribution in [0.25, 0.3) is 10.2 Å². The molecule has 1 N–H and O–H groups in total. The number of benzene rings is 1. The third kappa shape index (κ3) is 3.50. The Labute approximate surface area is 115 Å². The molecule has 0 saturated heterocycles.